The lowest BCUT2D eigenvalue weighted by Gasteiger charge is -2.25. The van der Waals surface area contributed by atoms with Gasteiger partial charge in [-0.05, 0) is 36.8 Å². The number of pyridine rings is 1. The summed E-state index contributed by atoms with van der Waals surface area (Å²) in [6.07, 6.45) is 4.96. The first-order valence-corrected chi connectivity index (χ1v) is 10.8. The fraction of sp³-hybridized carbons (Fsp3) is 0.250. The van der Waals surface area contributed by atoms with Crippen molar-refractivity contribution in [2.24, 2.45) is 0 Å². The highest BCUT2D eigenvalue weighted by molar-refractivity contribution is 6.34. The zero-order chi connectivity index (χ0) is 20.3. The molecule has 2 aromatic heterocycles. The van der Waals surface area contributed by atoms with Gasteiger partial charge in [0.2, 0.25) is 0 Å². The largest absolute Gasteiger partial charge is 0.367 e. The molecule has 0 saturated carbocycles. The van der Waals surface area contributed by atoms with E-state index in [2.05, 4.69) is 39.0 Å². The molecule has 3 heterocycles. The molecule has 1 aliphatic heterocycles. The SMILES string of the molecule is Clc1ccc2cccnc2c1N1CCCN(Cc2ccn(-c3ccccc3)n2)CC1. The van der Waals surface area contributed by atoms with E-state index in [1.807, 2.05) is 53.5 Å². The van der Waals surface area contributed by atoms with Crippen molar-refractivity contribution in [3.05, 3.63) is 83.8 Å². The van der Waals surface area contributed by atoms with Crippen LogP contribution in [0.3, 0.4) is 0 Å². The van der Waals surface area contributed by atoms with Crippen molar-refractivity contribution in [1.82, 2.24) is 19.7 Å². The predicted octanol–water partition coefficient (Wildman–Crippen LogP) is 4.79. The number of hydrogen-bond donors (Lipinski definition) is 0. The van der Waals surface area contributed by atoms with Crippen molar-refractivity contribution < 1.29 is 0 Å². The van der Waals surface area contributed by atoms with Crippen molar-refractivity contribution >= 4 is 28.2 Å². The summed E-state index contributed by atoms with van der Waals surface area (Å²) < 4.78 is 1.95. The van der Waals surface area contributed by atoms with Crippen LogP contribution in [0.5, 0.6) is 0 Å². The molecule has 1 aliphatic rings. The Bertz CT molecular complexity index is 1140. The minimum atomic E-state index is 0.774. The highest BCUT2D eigenvalue weighted by Gasteiger charge is 2.20. The van der Waals surface area contributed by atoms with Crippen LogP contribution in [0.4, 0.5) is 5.69 Å². The molecule has 0 radical (unpaired) electrons. The zero-order valence-electron chi connectivity index (χ0n) is 16.8. The second-order valence-corrected chi connectivity index (χ2v) is 8.08. The van der Waals surface area contributed by atoms with Crippen LogP contribution in [-0.4, -0.2) is 45.8 Å². The first-order valence-electron chi connectivity index (χ1n) is 10.4. The maximum absolute atomic E-state index is 6.61. The number of fused-ring (bicyclic) bond motifs is 1. The molecule has 0 amide bonds. The van der Waals surface area contributed by atoms with Gasteiger partial charge in [0.25, 0.3) is 0 Å². The first kappa shape index (κ1) is 19.1. The Morgan fingerprint density at radius 3 is 2.67 bits per heavy atom. The lowest BCUT2D eigenvalue weighted by molar-refractivity contribution is 0.281. The monoisotopic (exact) mass is 417 g/mol. The molecule has 2 aromatic carbocycles. The van der Waals surface area contributed by atoms with Crippen LogP contribution in [0.2, 0.25) is 5.02 Å². The van der Waals surface area contributed by atoms with Crippen LogP contribution in [0.1, 0.15) is 12.1 Å². The van der Waals surface area contributed by atoms with E-state index >= 15 is 0 Å². The van der Waals surface area contributed by atoms with Gasteiger partial charge in [0.1, 0.15) is 0 Å². The van der Waals surface area contributed by atoms with E-state index < -0.39 is 0 Å². The fourth-order valence-electron chi connectivity index (χ4n) is 4.16. The van der Waals surface area contributed by atoms with Crippen LogP contribution in [0.25, 0.3) is 16.6 Å². The molecule has 6 heteroatoms. The fourth-order valence-corrected chi connectivity index (χ4v) is 4.43. The summed E-state index contributed by atoms with van der Waals surface area (Å²) in [4.78, 5) is 9.48. The van der Waals surface area contributed by atoms with Crippen LogP contribution in [-0.2, 0) is 6.54 Å². The Kier molecular flexibility index (Phi) is 5.39. The number of rotatable bonds is 4. The summed E-state index contributed by atoms with van der Waals surface area (Å²) in [6.45, 7) is 4.77. The molecule has 0 aliphatic carbocycles. The summed E-state index contributed by atoms with van der Waals surface area (Å²) in [6, 6.07) is 20.4. The lowest BCUT2D eigenvalue weighted by Crippen LogP contribution is -2.31. The van der Waals surface area contributed by atoms with E-state index in [1.54, 1.807) is 0 Å². The maximum atomic E-state index is 6.61. The normalized spacial score (nSPS) is 15.4. The second kappa shape index (κ2) is 8.46. The number of nitrogens with zero attached hydrogens (tertiary/aromatic N) is 5. The quantitative estimate of drug-likeness (QED) is 0.478. The summed E-state index contributed by atoms with van der Waals surface area (Å²) in [7, 11) is 0. The number of para-hydroxylation sites is 1. The molecule has 0 bridgehead atoms. The number of anilines is 1. The molecule has 30 heavy (non-hydrogen) atoms. The van der Waals surface area contributed by atoms with Crippen molar-refractivity contribution in [2.45, 2.75) is 13.0 Å². The van der Waals surface area contributed by atoms with E-state index in [0.717, 1.165) is 72.1 Å². The molecule has 5 nitrogen and oxygen atoms in total. The molecular formula is C24H24ClN5. The van der Waals surface area contributed by atoms with Crippen molar-refractivity contribution in [1.29, 1.82) is 0 Å². The van der Waals surface area contributed by atoms with Gasteiger partial charge in [0.05, 0.1) is 27.6 Å². The Balaban J connectivity index is 1.30. The minimum absolute atomic E-state index is 0.774. The van der Waals surface area contributed by atoms with Gasteiger partial charge in [0, 0.05) is 50.5 Å². The molecule has 0 atom stereocenters. The van der Waals surface area contributed by atoms with Gasteiger partial charge in [-0.3, -0.25) is 9.88 Å². The first-order chi connectivity index (χ1) is 14.8. The molecule has 0 N–H and O–H groups in total. The van der Waals surface area contributed by atoms with Gasteiger partial charge in [-0.15, -0.1) is 0 Å². The van der Waals surface area contributed by atoms with Crippen LogP contribution < -0.4 is 4.90 Å². The summed E-state index contributed by atoms with van der Waals surface area (Å²) in [5.41, 5.74) is 4.23. The number of benzene rings is 2. The van der Waals surface area contributed by atoms with E-state index in [0.29, 0.717) is 0 Å². The third-order valence-corrected chi connectivity index (χ3v) is 5.96. The average Bonchev–Trinajstić information content (AvgIpc) is 3.13. The number of hydrogen-bond acceptors (Lipinski definition) is 4. The highest BCUT2D eigenvalue weighted by atomic mass is 35.5. The highest BCUT2D eigenvalue weighted by Crippen LogP contribution is 2.33. The number of halogens is 1. The van der Waals surface area contributed by atoms with E-state index in [4.69, 9.17) is 16.7 Å². The zero-order valence-corrected chi connectivity index (χ0v) is 17.5. The molecule has 0 unspecified atom stereocenters. The smallest absolute Gasteiger partial charge is 0.0950 e. The van der Waals surface area contributed by atoms with E-state index in [1.165, 1.54) is 0 Å². The lowest BCUT2D eigenvalue weighted by atomic mass is 10.1. The molecule has 4 aromatic rings. The topological polar surface area (TPSA) is 37.2 Å². The minimum Gasteiger partial charge on any atom is -0.367 e. The predicted molar refractivity (Wildman–Crippen MR) is 122 cm³/mol. The molecular weight excluding hydrogens is 394 g/mol. The maximum Gasteiger partial charge on any atom is 0.0950 e. The van der Waals surface area contributed by atoms with Crippen molar-refractivity contribution in [3.8, 4) is 5.69 Å². The van der Waals surface area contributed by atoms with Gasteiger partial charge in [0.15, 0.2) is 0 Å². The summed E-state index contributed by atoms with van der Waals surface area (Å²) in [5.74, 6) is 0. The summed E-state index contributed by atoms with van der Waals surface area (Å²) >= 11 is 6.61. The van der Waals surface area contributed by atoms with Gasteiger partial charge >= 0.3 is 0 Å². The standard InChI is InChI=1S/C24H24ClN5/c25-22-10-9-19-6-4-12-26-23(19)24(22)29-14-5-13-28(16-17-29)18-20-11-15-30(27-20)21-7-2-1-3-8-21/h1-4,6-12,15H,5,13-14,16-18H2. The third kappa shape index (κ3) is 3.91. The van der Waals surface area contributed by atoms with E-state index in [9.17, 15) is 0 Å². The Hall–Kier alpha value is -2.89. The second-order valence-electron chi connectivity index (χ2n) is 7.68. The van der Waals surface area contributed by atoms with Crippen LogP contribution in [0.15, 0.2) is 73.1 Å². The Labute approximate surface area is 181 Å². The van der Waals surface area contributed by atoms with Crippen LogP contribution >= 0.6 is 11.6 Å². The van der Waals surface area contributed by atoms with Crippen LogP contribution in [0, 0.1) is 0 Å². The third-order valence-electron chi connectivity index (χ3n) is 5.65. The number of aromatic nitrogens is 3. The molecule has 1 saturated heterocycles. The van der Waals surface area contributed by atoms with Gasteiger partial charge in [-0.2, -0.15) is 5.10 Å². The molecule has 1 fully saturated rings. The van der Waals surface area contributed by atoms with Gasteiger partial charge < -0.3 is 4.90 Å². The Morgan fingerprint density at radius 1 is 0.867 bits per heavy atom. The molecule has 152 valence electrons. The molecule has 5 rings (SSSR count). The van der Waals surface area contributed by atoms with Crippen molar-refractivity contribution in [2.75, 3.05) is 31.1 Å². The van der Waals surface area contributed by atoms with Crippen molar-refractivity contribution in [3.63, 3.8) is 0 Å². The Morgan fingerprint density at radius 2 is 1.77 bits per heavy atom. The van der Waals surface area contributed by atoms with E-state index in [-0.39, 0.29) is 0 Å². The molecule has 0 spiro atoms. The summed E-state index contributed by atoms with van der Waals surface area (Å²) in [5, 5.41) is 6.67. The average molecular weight is 418 g/mol. The van der Waals surface area contributed by atoms with Gasteiger partial charge in [-0.25, -0.2) is 4.68 Å². The van der Waals surface area contributed by atoms with Gasteiger partial charge in [-0.1, -0.05) is 41.9 Å².